The van der Waals surface area contributed by atoms with Crippen molar-refractivity contribution in [2.45, 2.75) is 29.5 Å². The highest BCUT2D eigenvalue weighted by Crippen LogP contribution is 2.25. The van der Waals surface area contributed by atoms with Crippen molar-refractivity contribution < 1.29 is 9.53 Å². The molecule has 1 aliphatic rings. The van der Waals surface area contributed by atoms with E-state index < -0.39 is 0 Å². The molecule has 0 saturated carbocycles. The molecule has 1 aromatic carbocycles. The molecule has 0 spiro atoms. The van der Waals surface area contributed by atoms with Crippen molar-refractivity contribution in [3.63, 3.8) is 0 Å². The van der Waals surface area contributed by atoms with Gasteiger partial charge in [0.1, 0.15) is 5.75 Å². The van der Waals surface area contributed by atoms with Gasteiger partial charge in [0.05, 0.1) is 12.4 Å². The van der Waals surface area contributed by atoms with Gasteiger partial charge in [-0.25, -0.2) is 0 Å². The summed E-state index contributed by atoms with van der Waals surface area (Å²) in [5, 5.41) is 6.23. The lowest BCUT2D eigenvalue weighted by Gasteiger charge is -2.16. The maximum Gasteiger partial charge on any atom is 0.233 e. The SMILES string of the molecule is COc1ccc(SC(C)C(=O)NC2CCNC2)cc1. The van der Waals surface area contributed by atoms with Crippen LogP contribution in [0.4, 0.5) is 0 Å². The molecule has 2 rings (SSSR count). The molecule has 0 aliphatic carbocycles. The Kier molecular flexibility index (Phi) is 5.10. The zero-order valence-corrected chi connectivity index (χ0v) is 12.1. The first kappa shape index (κ1) is 14.2. The third-order valence-corrected chi connectivity index (χ3v) is 4.26. The molecule has 104 valence electrons. The predicted octanol–water partition coefficient (Wildman–Crippen LogP) is 1.65. The number of hydrogen-bond acceptors (Lipinski definition) is 4. The number of carbonyl (C=O) groups is 1. The van der Waals surface area contributed by atoms with Gasteiger partial charge in [-0.2, -0.15) is 0 Å². The van der Waals surface area contributed by atoms with Crippen molar-refractivity contribution in [3.8, 4) is 5.75 Å². The van der Waals surface area contributed by atoms with Crippen LogP contribution < -0.4 is 15.4 Å². The van der Waals surface area contributed by atoms with Crippen LogP contribution in [0, 0.1) is 0 Å². The molecule has 1 aliphatic heterocycles. The van der Waals surface area contributed by atoms with Gasteiger partial charge < -0.3 is 15.4 Å². The molecule has 2 N–H and O–H groups in total. The van der Waals surface area contributed by atoms with Gasteiger partial charge in [0.2, 0.25) is 5.91 Å². The van der Waals surface area contributed by atoms with E-state index in [1.165, 1.54) is 0 Å². The number of hydrogen-bond donors (Lipinski definition) is 2. The lowest BCUT2D eigenvalue weighted by Crippen LogP contribution is -2.40. The summed E-state index contributed by atoms with van der Waals surface area (Å²) < 4.78 is 5.11. The molecule has 1 amide bonds. The number of methoxy groups -OCH3 is 1. The molecule has 0 aromatic heterocycles. The summed E-state index contributed by atoms with van der Waals surface area (Å²) >= 11 is 1.57. The highest BCUT2D eigenvalue weighted by atomic mass is 32.2. The molecule has 2 unspecified atom stereocenters. The molecule has 0 bridgehead atoms. The second-order valence-corrected chi connectivity index (χ2v) is 6.05. The Bertz CT molecular complexity index is 416. The van der Waals surface area contributed by atoms with Crippen molar-refractivity contribution in [3.05, 3.63) is 24.3 Å². The summed E-state index contributed by atoms with van der Waals surface area (Å²) in [5.74, 6) is 0.938. The summed E-state index contributed by atoms with van der Waals surface area (Å²) in [4.78, 5) is 13.1. The van der Waals surface area contributed by atoms with Gasteiger partial charge in [0.25, 0.3) is 0 Å². The second kappa shape index (κ2) is 6.82. The molecule has 1 fully saturated rings. The fraction of sp³-hybridized carbons (Fsp3) is 0.500. The minimum Gasteiger partial charge on any atom is -0.497 e. The van der Waals surface area contributed by atoms with E-state index in [2.05, 4.69) is 10.6 Å². The van der Waals surface area contributed by atoms with Crippen molar-refractivity contribution in [2.75, 3.05) is 20.2 Å². The summed E-state index contributed by atoms with van der Waals surface area (Å²) in [6.07, 6.45) is 1.02. The van der Waals surface area contributed by atoms with Crippen LogP contribution in [0.25, 0.3) is 0 Å². The molecule has 1 heterocycles. The summed E-state index contributed by atoms with van der Waals surface area (Å²) in [7, 11) is 1.65. The van der Waals surface area contributed by atoms with Crippen LogP contribution in [0.2, 0.25) is 0 Å². The number of rotatable bonds is 5. The van der Waals surface area contributed by atoms with E-state index >= 15 is 0 Å². The van der Waals surface area contributed by atoms with Gasteiger partial charge in [-0.15, -0.1) is 11.8 Å². The maximum atomic E-state index is 12.0. The van der Waals surface area contributed by atoms with Gasteiger partial charge in [-0.05, 0) is 44.2 Å². The largest absolute Gasteiger partial charge is 0.497 e. The molecular formula is C14H20N2O2S. The number of amides is 1. The van der Waals surface area contributed by atoms with Crippen molar-refractivity contribution in [1.29, 1.82) is 0 Å². The van der Waals surface area contributed by atoms with Gasteiger partial charge in [-0.3, -0.25) is 4.79 Å². The highest BCUT2D eigenvalue weighted by Gasteiger charge is 2.20. The average molecular weight is 280 g/mol. The van der Waals surface area contributed by atoms with Crippen LogP contribution in [-0.4, -0.2) is 37.4 Å². The zero-order chi connectivity index (χ0) is 13.7. The van der Waals surface area contributed by atoms with E-state index in [-0.39, 0.29) is 17.2 Å². The molecular weight excluding hydrogens is 260 g/mol. The van der Waals surface area contributed by atoms with Crippen LogP contribution in [0.15, 0.2) is 29.2 Å². The number of thioether (sulfide) groups is 1. The standard InChI is InChI=1S/C14H20N2O2S/c1-10(14(17)16-11-7-8-15-9-11)19-13-5-3-12(18-2)4-6-13/h3-6,10-11,15H,7-9H2,1-2H3,(H,16,17). The average Bonchev–Trinajstić information content (AvgIpc) is 2.92. The van der Waals surface area contributed by atoms with Gasteiger partial charge >= 0.3 is 0 Å². The van der Waals surface area contributed by atoms with Crippen molar-refractivity contribution in [1.82, 2.24) is 10.6 Å². The first-order chi connectivity index (χ1) is 9.19. The van der Waals surface area contributed by atoms with E-state index in [0.717, 1.165) is 30.2 Å². The molecule has 1 saturated heterocycles. The van der Waals surface area contributed by atoms with E-state index in [0.29, 0.717) is 0 Å². The van der Waals surface area contributed by atoms with Crippen LogP contribution in [-0.2, 0) is 4.79 Å². The fourth-order valence-electron chi connectivity index (χ4n) is 2.01. The normalized spacial score (nSPS) is 20.0. The van der Waals surface area contributed by atoms with Crippen LogP contribution in [0.1, 0.15) is 13.3 Å². The maximum absolute atomic E-state index is 12.0. The summed E-state index contributed by atoms with van der Waals surface area (Å²) in [5.41, 5.74) is 0. The van der Waals surface area contributed by atoms with E-state index in [1.54, 1.807) is 18.9 Å². The molecule has 5 heteroatoms. The predicted molar refractivity (Wildman–Crippen MR) is 77.7 cm³/mol. The first-order valence-corrected chi connectivity index (χ1v) is 7.39. The fourth-order valence-corrected chi connectivity index (χ4v) is 2.88. The number of nitrogens with one attached hydrogen (secondary N) is 2. The smallest absolute Gasteiger partial charge is 0.233 e. The quantitative estimate of drug-likeness (QED) is 0.805. The molecule has 4 nitrogen and oxygen atoms in total. The minimum atomic E-state index is -0.0889. The van der Waals surface area contributed by atoms with Crippen molar-refractivity contribution in [2.24, 2.45) is 0 Å². The van der Waals surface area contributed by atoms with Gasteiger partial charge in [-0.1, -0.05) is 0 Å². The van der Waals surface area contributed by atoms with Crippen molar-refractivity contribution >= 4 is 17.7 Å². The number of ether oxygens (including phenoxy) is 1. The number of benzene rings is 1. The van der Waals surface area contributed by atoms with Crippen LogP contribution in [0.3, 0.4) is 0 Å². The summed E-state index contributed by atoms with van der Waals surface area (Å²) in [6.45, 7) is 3.81. The minimum absolute atomic E-state index is 0.0889. The van der Waals surface area contributed by atoms with E-state index in [9.17, 15) is 4.79 Å². The monoisotopic (exact) mass is 280 g/mol. The third-order valence-electron chi connectivity index (χ3n) is 3.15. The third kappa shape index (κ3) is 4.14. The van der Waals surface area contributed by atoms with Crippen LogP contribution >= 0.6 is 11.8 Å². The van der Waals surface area contributed by atoms with E-state index in [1.807, 2.05) is 31.2 Å². The van der Waals surface area contributed by atoms with Gasteiger partial charge in [0.15, 0.2) is 0 Å². The topological polar surface area (TPSA) is 50.4 Å². The Morgan fingerprint density at radius 3 is 2.79 bits per heavy atom. The Morgan fingerprint density at radius 1 is 1.47 bits per heavy atom. The zero-order valence-electron chi connectivity index (χ0n) is 11.3. The second-order valence-electron chi connectivity index (χ2n) is 4.63. The molecule has 0 radical (unpaired) electrons. The lowest BCUT2D eigenvalue weighted by atomic mass is 10.2. The first-order valence-electron chi connectivity index (χ1n) is 6.51. The lowest BCUT2D eigenvalue weighted by molar-refractivity contribution is -0.120. The Labute approximate surface area is 118 Å². The molecule has 1 aromatic rings. The Hall–Kier alpha value is -1.20. The molecule has 2 atom stereocenters. The van der Waals surface area contributed by atoms with E-state index in [4.69, 9.17) is 4.74 Å². The Balaban J connectivity index is 1.84. The van der Waals surface area contributed by atoms with Crippen LogP contribution in [0.5, 0.6) is 5.75 Å². The highest BCUT2D eigenvalue weighted by molar-refractivity contribution is 8.00. The summed E-state index contributed by atoms with van der Waals surface area (Å²) in [6, 6.07) is 8.06. The Morgan fingerprint density at radius 2 is 2.21 bits per heavy atom. The molecule has 19 heavy (non-hydrogen) atoms. The van der Waals surface area contributed by atoms with Gasteiger partial charge in [0, 0.05) is 17.5 Å². The number of carbonyl (C=O) groups excluding carboxylic acids is 1.